The van der Waals surface area contributed by atoms with Crippen molar-refractivity contribution in [2.75, 3.05) is 20.3 Å². The number of rotatable bonds is 4. The number of allylic oxidation sites excluding steroid dienone is 1. The molecule has 4 fully saturated rings. The molecule has 0 radical (unpaired) electrons. The van der Waals surface area contributed by atoms with E-state index >= 15 is 0 Å². The molecule has 0 aromatic heterocycles. The number of fused-ring (bicyclic) bond motifs is 5. The van der Waals surface area contributed by atoms with Crippen molar-refractivity contribution in [1.29, 1.82) is 0 Å². The second-order valence-electron chi connectivity index (χ2n) is 13.4. The summed E-state index contributed by atoms with van der Waals surface area (Å²) in [6.45, 7) is 11.2. The molecule has 5 rings (SSSR count). The van der Waals surface area contributed by atoms with Crippen LogP contribution in [0.4, 0.5) is 0 Å². The zero-order valence-electron chi connectivity index (χ0n) is 21.7. The van der Waals surface area contributed by atoms with Crippen molar-refractivity contribution in [3.05, 3.63) is 11.6 Å². The minimum atomic E-state index is -0.366. The van der Waals surface area contributed by atoms with Crippen LogP contribution in [0.15, 0.2) is 11.6 Å². The zero-order chi connectivity index (χ0) is 23.5. The fraction of sp³-hybridized carbons (Fsp3) is 0.897. The standard InChI is InChI=1S/C29H46O4/c1-26(2)18-32-29(33-19-26)16-15-28(4)21(17-29)9-11-22-23-12-10-20(7-6-8-25(30)31-5)27(23,3)14-13-24(22)28/h9,20,22-24H,6-8,10-19H2,1-5H3/t20-,22?,23?,24?,27?,28?/m0/s1. The van der Waals surface area contributed by atoms with Crippen molar-refractivity contribution in [3.8, 4) is 0 Å². The second kappa shape index (κ2) is 8.36. The van der Waals surface area contributed by atoms with Gasteiger partial charge < -0.3 is 14.2 Å². The lowest BCUT2D eigenvalue weighted by Crippen LogP contribution is -2.55. The first-order valence-corrected chi connectivity index (χ1v) is 13.7. The Hall–Kier alpha value is -0.870. The van der Waals surface area contributed by atoms with Gasteiger partial charge in [-0.1, -0.05) is 39.3 Å². The number of carbonyl (C=O) groups is 1. The predicted octanol–water partition coefficient (Wildman–Crippen LogP) is 6.68. The maximum absolute atomic E-state index is 11.6. The first kappa shape index (κ1) is 23.9. The van der Waals surface area contributed by atoms with E-state index in [1.54, 1.807) is 5.57 Å². The first-order valence-electron chi connectivity index (χ1n) is 13.7. The molecule has 0 amide bonds. The fourth-order valence-corrected chi connectivity index (χ4v) is 8.77. The van der Waals surface area contributed by atoms with Gasteiger partial charge in [-0.05, 0) is 85.9 Å². The Bertz CT molecular complexity index is 789. The van der Waals surface area contributed by atoms with Crippen LogP contribution in [0.1, 0.15) is 98.3 Å². The highest BCUT2D eigenvalue weighted by atomic mass is 16.7. The highest BCUT2D eigenvalue weighted by molar-refractivity contribution is 5.68. The number of carbonyl (C=O) groups excluding carboxylic acids is 1. The molecule has 1 saturated heterocycles. The molecular formula is C29H46O4. The molecule has 4 nitrogen and oxygen atoms in total. The molecule has 3 saturated carbocycles. The Balaban J connectivity index is 1.29. The number of esters is 1. The number of ether oxygens (including phenoxy) is 3. The maximum Gasteiger partial charge on any atom is 0.305 e. The number of hydrogen-bond donors (Lipinski definition) is 0. The summed E-state index contributed by atoms with van der Waals surface area (Å²) < 4.78 is 17.7. The quantitative estimate of drug-likeness (QED) is 0.348. The van der Waals surface area contributed by atoms with Gasteiger partial charge in [0, 0.05) is 24.7 Å². The van der Waals surface area contributed by atoms with Crippen LogP contribution >= 0.6 is 0 Å². The van der Waals surface area contributed by atoms with Gasteiger partial charge in [0.15, 0.2) is 5.79 Å². The largest absolute Gasteiger partial charge is 0.469 e. The van der Waals surface area contributed by atoms with Crippen LogP contribution in [0.3, 0.4) is 0 Å². The van der Waals surface area contributed by atoms with Gasteiger partial charge in [-0.2, -0.15) is 0 Å². The highest BCUT2D eigenvalue weighted by Gasteiger charge is 2.60. The lowest BCUT2D eigenvalue weighted by Gasteiger charge is -2.60. The van der Waals surface area contributed by atoms with Gasteiger partial charge in [0.25, 0.3) is 0 Å². The third-order valence-corrected chi connectivity index (χ3v) is 10.9. The van der Waals surface area contributed by atoms with Gasteiger partial charge in [0.1, 0.15) is 0 Å². The molecule has 0 bridgehead atoms. The normalized spacial score (nSPS) is 43.2. The van der Waals surface area contributed by atoms with Gasteiger partial charge in [-0.3, -0.25) is 4.79 Å². The van der Waals surface area contributed by atoms with E-state index in [1.165, 1.54) is 52.1 Å². The van der Waals surface area contributed by atoms with Crippen molar-refractivity contribution in [3.63, 3.8) is 0 Å². The van der Waals surface area contributed by atoms with E-state index in [1.807, 2.05) is 0 Å². The van der Waals surface area contributed by atoms with E-state index in [0.717, 1.165) is 56.1 Å². The molecule has 186 valence electrons. The predicted molar refractivity (Wildman–Crippen MR) is 129 cm³/mol. The van der Waals surface area contributed by atoms with Crippen LogP contribution in [0, 0.1) is 39.9 Å². The van der Waals surface area contributed by atoms with E-state index in [2.05, 4.69) is 33.8 Å². The molecule has 6 atom stereocenters. The Kier molecular flexibility index (Phi) is 6.04. The van der Waals surface area contributed by atoms with Crippen molar-refractivity contribution < 1.29 is 19.0 Å². The smallest absolute Gasteiger partial charge is 0.305 e. The molecule has 5 unspecified atom stereocenters. The number of methoxy groups -OCH3 is 1. The Morgan fingerprint density at radius 2 is 1.79 bits per heavy atom. The SMILES string of the molecule is COC(=O)CCC[C@H]1CCC2C3CC=C4CC5(CCC4(C)C3CCC21C)OCC(C)(C)CO5. The van der Waals surface area contributed by atoms with Crippen molar-refractivity contribution in [2.45, 2.75) is 104 Å². The molecule has 0 aromatic carbocycles. The summed E-state index contributed by atoms with van der Waals surface area (Å²) in [4.78, 5) is 11.6. The van der Waals surface area contributed by atoms with E-state index < -0.39 is 0 Å². The molecule has 0 N–H and O–H groups in total. The lowest BCUT2D eigenvalue weighted by atomic mass is 9.47. The van der Waals surface area contributed by atoms with Crippen molar-refractivity contribution in [2.24, 2.45) is 39.9 Å². The summed E-state index contributed by atoms with van der Waals surface area (Å²) in [5.74, 6) is 2.82. The molecule has 5 aliphatic rings. The van der Waals surface area contributed by atoms with Crippen LogP contribution < -0.4 is 0 Å². The van der Waals surface area contributed by atoms with E-state index in [4.69, 9.17) is 14.2 Å². The molecule has 1 heterocycles. The molecule has 0 aromatic rings. The van der Waals surface area contributed by atoms with E-state index in [9.17, 15) is 4.79 Å². The second-order valence-corrected chi connectivity index (χ2v) is 13.4. The third kappa shape index (κ3) is 4.01. The average molecular weight is 459 g/mol. The Morgan fingerprint density at radius 1 is 1.03 bits per heavy atom. The average Bonchev–Trinajstić information content (AvgIpc) is 3.13. The minimum Gasteiger partial charge on any atom is -0.469 e. The van der Waals surface area contributed by atoms with E-state index in [-0.39, 0.29) is 17.2 Å². The van der Waals surface area contributed by atoms with Crippen LogP contribution in [0.25, 0.3) is 0 Å². The maximum atomic E-state index is 11.6. The summed E-state index contributed by atoms with van der Waals surface area (Å²) in [7, 11) is 1.50. The van der Waals surface area contributed by atoms with Gasteiger partial charge >= 0.3 is 5.97 Å². The molecule has 33 heavy (non-hydrogen) atoms. The van der Waals surface area contributed by atoms with Crippen LogP contribution in [-0.4, -0.2) is 32.1 Å². The first-order chi connectivity index (χ1) is 15.6. The number of hydrogen-bond acceptors (Lipinski definition) is 4. The summed E-state index contributed by atoms with van der Waals surface area (Å²) in [6.07, 6.45) is 15.3. The summed E-state index contributed by atoms with van der Waals surface area (Å²) in [6, 6.07) is 0. The van der Waals surface area contributed by atoms with Crippen molar-refractivity contribution >= 4 is 5.97 Å². The molecule has 4 aliphatic carbocycles. The summed E-state index contributed by atoms with van der Waals surface area (Å²) >= 11 is 0. The Labute approximate surface area is 201 Å². The Morgan fingerprint density at radius 3 is 2.52 bits per heavy atom. The van der Waals surface area contributed by atoms with Gasteiger partial charge in [0.05, 0.1) is 20.3 Å². The van der Waals surface area contributed by atoms with Crippen LogP contribution in [-0.2, 0) is 19.0 Å². The molecule has 1 aliphatic heterocycles. The lowest BCUT2D eigenvalue weighted by molar-refractivity contribution is -0.310. The summed E-state index contributed by atoms with van der Waals surface area (Å²) in [5, 5.41) is 0. The van der Waals surface area contributed by atoms with Gasteiger partial charge in [-0.25, -0.2) is 0 Å². The minimum absolute atomic E-state index is 0.0548. The topological polar surface area (TPSA) is 44.8 Å². The summed E-state index contributed by atoms with van der Waals surface area (Å²) in [5.41, 5.74) is 2.53. The molecule has 1 spiro atoms. The highest BCUT2D eigenvalue weighted by Crippen LogP contribution is 2.67. The van der Waals surface area contributed by atoms with Gasteiger partial charge in [0.2, 0.25) is 0 Å². The van der Waals surface area contributed by atoms with Gasteiger partial charge in [-0.15, -0.1) is 0 Å². The molecule has 4 heteroatoms. The van der Waals surface area contributed by atoms with Crippen LogP contribution in [0.2, 0.25) is 0 Å². The monoisotopic (exact) mass is 458 g/mol. The zero-order valence-corrected chi connectivity index (χ0v) is 21.7. The fourth-order valence-electron chi connectivity index (χ4n) is 8.77. The third-order valence-electron chi connectivity index (χ3n) is 10.9. The van der Waals surface area contributed by atoms with E-state index in [0.29, 0.717) is 17.3 Å². The van der Waals surface area contributed by atoms with Crippen molar-refractivity contribution in [1.82, 2.24) is 0 Å². The molecular weight excluding hydrogens is 412 g/mol. The van der Waals surface area contributed by atoms with Crippen LogP contribution in [0.5, 0.6) is 0 Å².